The van der Waals surface area contributed by atoms with E-state index >= 15 is 0 Å². The molecule has 2 saturated heterocycles. The van der Waals surface area contributed by atoms with Crippen LogP contribution in [0.15, 0.2) is 53.5 Å². The van der Waals surface area contributed by atoms with Gasteiger partial charge in [0.05, 0.1) is 23.5 Å². The van der Waals surface area contributed by atoms with Crippen LogP contribution < -0.4 is 5.32 Å². The summed E-state index contributed by atoms with van der Waals surface area (Å²) in [4.78, 5) is 11.9. The Labute approximate surface area is 282 Å². The Hall–Kier alpha value is -3.33. The van der Waals surface area contributed by atoms with Gasteiger partial charge in [-0.1, -0.05) is 47.1 Å². The second-order valence-electron chi connectivity index (χ2n) is 10.5. The van der Waals surface area contributed by atoms with E-state index in [1.54, 1.807) is 11.8 Å². The largest absolute Gasteiger partial charge is 0.366 e. The maximum atomic E-state index is 6.04. The molecule has 2 aliphatic rings. The minimum Gasteiger partial charge on any atom is -0.366 e. The average Bonchev–Trinajstić information content (AvgIpc) is 3.77. The van der Waals surface area contributed by atoms with Crippen molar-refractivity contribution in [2.75, 3.05) is 33.4 Å². The van der Waals surface area contributed by atoms with Crippen molar-refractivity contribution in [3.63, 3.8) is 0 Å². The Balaban J connectivity index is 0.000000178. The van der Waals surface area contributed by atoms with E-state index < -0.39 is 0 Å². The van der Waals surface area contributed by atoms with Gasteiger partial charge in [0.2, 0.25) is 0 Å². The van der Waals surface area contributed by atoms with Crippen LogP contribution in [0.25, 0.3) is 11.4 Å². The van der Waals surface area contributed by atoms with Crippen LogP contribution in [0.4, 0.5) is 0 Å². The van der Waals surface area contributed by atoms with Crippen LogP contribution >= 0.6 is 47.2 Å². The van der Waals surface area contributed by atoms with Gasteiger partial charge in [-0.15, -0.1) is 30.0 Å². The van der Waals surface area contributed by atoms with Gasteiger partial charge in [0.15, 0.2) is 21.9 Å². The number of thiocarbonyl (C=S) groups is 1. The minimum absolute atomic E-state index is 0.0710. The first-order valence-corrected chi connectivity index (χ1v) is 17.2. The first-order valence-electron chi connectivity index (χ1n) is 14.8. The molecule has 0 bridgehead atoms. The predicted molar refractivity (Wildman–Crippen MR) is 183 cm³/mol. The van der Waals surface area contributed by atoms with Gasteiger partial charge in [0.25, 0.3) is 0 Å². The van der Waals surface area contributed by atoms with E-state index in [0.29, 0.717) is 15.9 Å². The first kappa shape index (κ1) is 33.0. The highest BCUT2D eigenvalue weighted by molar-refractivity contribution is 8.13. The van der Waals surface area contributed by atoms with Crippen LogP contribution in [-0.4, -0.2) is 93.9 Å². The number of nitrogens with one attached hydrogen (secondary N) is 1. The number of rotatable bonds is 4. The number of aliphatic imine (C=N–C) groups is 1. The standard InChI is InChI=1S/C15H19ClN6S.C14H17ClN6S/c1-17-15(23-2)21-9-4-3-8-13(21)14-18-20-22(19-14)12-7-5-6-11(16)10-12;1-16-14(22)20-8-3-2-7-12(20)13-17-19-21(18-13)11-6-4-5-10(15)9-11/h5-7,10,13H,3-4,8-9H2,1-2H3;4-6,9,12H,2-3,7-8H2,1H3,(H,16,22). The van der Waals surface area contributed by atoms with Crippen molar-refractivity contribution >= 4 is 57.5 Å². The second kappa shape index (κ2) is 15.8. The third-order valence-corrected chi connectivity index (χ3v) is 9.32. The van der Waals surface area contributed by atoms with Crippen molar-refractivity contribution in [2.24, 2.45) is 4.99 Å². The highest BCUT2D eigenvalue weighted by atomic mass is 35.5. The van der Waals surface area contributed by atoms with Crippen LogP contribution in [0.1, 0.15) is 62.3 Å². The molecule has 2 aliphatic heterocycles. The number of likely N-dealkylation sites (tertiary alicyclic amines) is 2. The molecule has 0 saturated carbocycles. The molecule has 6 rings (SSSR count). The van der Waals surface area contributed by atoms with Crippen LogP contribution in [0.2, 0.25) is 10.0 Å². The summed E-state index contributed by atoms with van der Waals surface area (Å²) in [6.45, 7) is 1.89. The topological polar surface area (TPSA) is 118 Å². The fraction of sp³-hybridized carbons (Fsp3) is 0.448. The van der Waals surface area contributed by atoms with Crippen molar-refractivity contribution in [3.05, 3.63) is 70.2 Å². The number of nitrogens with zero attached hydrogens (tertiary/aromatic N) is 11. The summed E-state index contributed by atoms with van der Waals surface area (Å²) in [6.07, 6.45) is 8.63. The normalized spacial score (nSPS) is 18.7. The van der Waals surface area contributed by atoms with Crippen molar-refractivity contribution in [2.45, 2.75) is 50.6 Å². The van der Waals surface area contributed by atoms with E-state index in [1.165, 1.54) is 16.0 Å². The summed E-state index contributed by atoms with van der Waals surface area (Å²) in [5.74, 6) is 1.43. The number of tetrazole rings is 2. The fourth-order valence-electron chi connectivity index (χ4n) is 5.49. The lowest BCUT2D eigenvalue weighted by Gasteiger charge is -2.35. The molecular formula is C29H36Cl2N12S2. The Bertz CT molecular complexity index is 1610. The molecule has 0 spiro atoms. The van der Waals surface area contributed by atoms with Crippen molar-refractivity contribution < 1.29 is 0 Å². The van der Waals surface area contributed by atoms with Gasteiger partial charge in [-0.3, -0.25) is 4.99 Å². The quantitative estimate of drug-likeness (QED) is 0.166. The Morgan fingerprint density at radius 2 is 1.36 bits per heavy atom. The summed E-state index contributed by atoms with van der Waals surface area (Å²) >= 11 is 19.1. The smallest absolute Gasteiger partial charge is 0.197 e. The maximum absolute atomic E-state index is 6.04. The third-order valence-electron chi connectivity index (χ3n) is 7.63. The maximum Gasteiger partial charge on any atom is 0.197 e. The molecule has 2 unspecified atom stereocenters. The number of aromatic nitrogens is 8. The van der Waals surface area contributed by atoms with E-state index in [0.717, 1.165) is 72.7 Å². The molecule has 4 aromatic rings. The van der Waals surface area contributed by atoms with E-state index in [2.05, 4.69) is 50.9 Å². The van der Waals surface area contributed by atoms with Gasteiger partial charge in [-0.05, 0) is 104 Å². The van der Waals surface area contributed by atoms with Crippen LogP contribution in [0.3, 0.4) is 0 Å². The van der Waals surface area contributed by atoms with Gasteiger partial charge in [-0.25, -0.2) is 0 Å². The van der Waals surface area contributed by atoms with Crippen molar-refractivity contribution in [1.82, 2.24) is 55.5 Å². The van der Waals surface area contributed by atoms with Crippen LogP contribution in [0, 0.1) is 0 Å². The summed E-state index contributed by atoms with van der Waals surface area (Å²) in [5.41, 5.74) is 1.61. The zero-order valence-electron chi connectivity index (χ0n) is 25.4. The van der Waals surface area contributed by atoms with E-state index in [-0.39, 0.29) is 12.1 Å². The van der Waals surface area contributed by atoms with Crippen LogP contribution in [-0.2, 0) is 0 Å². The number of hydrogen-bond acceptors (Lipinski definition) is 9. The molecule has 2 atom stereocenters. The van der Waals surface area contributed by atoms with E-state index in [9.17, 15) is 0 Å². The molecule has 45 heavy (non-hydrogen) atoms. The molecule has 2 fully saturated rings. The molecule has 12 nitrogen and oxygen atoms in total. The zero-order valence-corrected chi connectivity index (χ0v) is 28.6. The SMILES string of the molecule is CN=C(SC)N1CCCCC1c1nnn(-c2cccc(Cl)c2)n1.CNC(=S)N1CCCCC1c1nnn(-c2cccc(Cl)c2)n1. The van der Waals surface area contributed by atoms with Crippen molar-refractivity contribution in [1.29, 1.82) is 0 Å². The Kier molecular flexibility index (Phi) is 11.6. The number of piperidine rings is 2. The average molecular weight is 688 g/mol. The van der Waals surface area contributed by atoms with Crippen LogP contribution in [0.5, 0.6) is 0 Å². The van der Waals surface area contributed by atoms with Gasteiger partial charge >= 0.3 is 0 Å². The lowest BCUT2D eigenvalue weighted by Crippen LogP contribution is -2.43. The number of thioether (sulfide) groups is 1. The fourth-order valence-corrected chi connectivity index (χ4v) is 6.71. The van der Waals surface area contributed by atoms with Gasteiger partial charge in [0, 0.05) is 37.2 Å². The summed E-state index contributed by atoms with van der Waals surface area (Å²) in [7, 11) is 3.66. The van der Waals surface area contributed by atoms with E-state index in [4.69, 9.17) is 35.4 Å². The molecule has 2 aromatic heterocycles. The predicted octanol–water partition coefficient (Wildman–Crippen LogP) is 5.54. The first-order chi connectivity index (χ1) is 21.9. The molecule has 4 heterocycles. The summed E-state index contributed by atoms with van der Waals surface area (Å²) in [5, 5.41) is 32.0. The molecule has 0 radical (unpaired) electrons. The highest BCUT2D eigenvalue weighted by Gasteiger charge is 2.30. The summed E-state index contributed by atoms with van der Waals surface area (Å²) in [6, 6.07) is 15.0. The third kappa shape index (κ3) is 8.10. The Morgan fingerprint density at radius 3 is 1.82 bits per heavy atom. The van der Waals surface area contributed by atoms with Gasteiger partial charge in [-0.2, -0.15) is 0 Å². The second-order valence-corrected chi connectivity index (χ2v) is 12.5. The molecule has 16 heteroatoms. The number of amidine groups is 1. The molecule has 2 aromatic carbocycles. The van der Waals surface area contributed by atoms with Crippen molar-refractivity contribution in [3.8, 4) is 11.4 Å². The number of benzene rings is 2. The molecular weight excluding hydrogens is 651 g/mol. The van der Waals surface area contributed by atoms with E-state index in [1.807, 2.05) is 68.9 Å². The molecule has 238 valence electrons. The minimum atomic E-state index is 0.0710. The highest BCUT2D eigenvalue weighted by Crippen LogP contribution is 2.31. The van der Waals surface area contributed by atoms with Gasteiger partial charge < -0.3 is 15.1 Å². The summed E-state index contributed by atoms with van der Waals surface area (Å²) < 4.78 is 0. The Morgan fingerprint density at radius 1 is 0.844 bits per heavy atom. The number of halogens is 2. The lowest BCUT2D eigenvalue weighted by atomic mass is 10.0. The zero-order chi connectivity index (χ0) is 31.8. The molecule has 1 N–H and O–H groups in total. The molecule has 0 amide bonds. The monoisotopic (exact) mass is 686 g/mol. The van der Waals surface area contributed by atoms with Gasteiger partial charge in [0.1, 0.15) is 0 Å². The molecule has 0 aliphatic carbocycles. The lowest BCUT2D eigenvalue weighted by molar-refractivity contribution is 0.233. The number of hydrogen-bond donors (Lipinski definition) is 1.